The van der Waals surface area contributed by atoms with E-state index in [-0.39, 0.29) is 11.5 Å². The molecule has 2 N–H and O–H groups in total. The number of rotatable bonds is 9. The molecule has 26 heavy (non-hydrogen) atoms. The molecule has 3 rings (SSSR count). The summed E-state index contributed by atoms with van der Waals surface area (Å²) in [7, 11) is 3.51. The summed E-state index contributed by atoms with van der Waals surface area (Å²) in [6, 6.07) is 8.43. The van der Waals surface area contributed by atoms with E-state index in [1.54, 1.807) is 7.11 Å². The average Bonchev–Trinajstić information content (AvgIpc) is 3.30. The van der Waals surface area contributed by atoms with Crippen LogP contribution in [0.4, 0.5) is 0 Å². The molecular weight excluding hydrogens is 330 g/mol. The van der Waals surface area contributed by atoms with Crippen LogP contribution in [0.2, 0.25) is 0 Å². The number of nitrogens with one attached hydrogen (secondary N) is 2. The minimum Gasteiger partial charge on any atom is -0.497 e. The van der Waals surface area contributed by atoms with Crippen LogP contribution in [-0.4, -0.2) is 59.1 Å². The third-order valence-electron chi connectivity index (χ3n) is 5.23. The molecular formula is C20H31N3O3. The van der Waals surface area contributed by atoms with Gasteiger partial charge in [0.15, 0.2) is 5.96 Å². The van der Waals surface area contributed by atoms with Crippen LogP contribution < -0.4 is 15.4 Å². The van der Waals surface area contributed by atoms with Gasteiger partial charge < -0.3 is 24.8 Å². The highest BCUT2D eigenvalue weighted by molar-refractivity contribution is 5.79. The van der Waals surface area contributed by atoms with Gasteiger partial charge in [-0.3, -0.25) is 4.99 Å². The Morgan fingerprint density at radius 3 is 2.69 bits per heavy atom. The molecule has 144 valence electrons. The number of ether oxygens (including phenoxy) is 3. The Kier molecular flexibility index (Phi) is 6.74. The van der Waals surface area contributed by atoms with Crippen LogP contribution in [0.15, 0.2) is 29.3 Å². The van der Waals surface area contributed by atoms with Gasteiger partial charge >= 0.3 is 0 Å². The Labute approximate surface area is 156 Å². The van der Waals surface area contributed by atoms with Gasteiger partial charge in [0.1, 0.15) is 5.75 Å². The van der Waals surface area contributed by atoms with Gasteiger partial charge in [-0.05, 0) is 43.4 Å². The van der Waals surface area contributed by atoms with Gasteiger partial charge in [0.25, 0.3) is 0 Å². The molecule has 1 saturated carbocycles. The molecule has 1 aromatic rings. The summed E-state index contributed by atoms with van der Waals surface area (Å²) >= 11 is 0. The number of guanidine groups is 1. The molecule has 0 bridgehead atoms. The van der Waals surface area contributed by atoms with Crippen LogP contribution >= 0.6 is 0 Å². The summed E-state index contributed by atoms with van der Waals surface area (Å²) in [6.07, 6.45) is 4.68. The van der Waals surface area contributed by atoms with Crippen molar-refractivity contribution in [1.29, 1.82) is 0 Å². The Morgan fingerprint density at radius 2 is 2.08 bits per heavy atom. The highest BCUT2D eigenvalue weighted by Crippen LogP contribution is 2.47. The topological polar surface area (TPSA) is 64.1 Å². The van der Waals surface area contributed by atoms with E-state index >= 15 is 0 Å². The van der Waals surface area contributed by atoms with Crippen molar-refractivity contribution in [1.82, 2.24) is 10.6 Å². The van der Waals surface area contributed by atoms with Gasteiger partial charge in [-0.25, -0.2) is 0 Å². The molecule has 0 amide bonds. The van der Waals surface area contributed by atoms with Gasteiger partial charge in [0.2, 0.25) is 0 Å². The first-order valence-corrected chi connectivity index (χ1v) is 9.54. The van der Waals surface area contributed by atoms with E-state index in [2.05, 4.69) is 27.8 Å². The van der Waals surface area contributed by atoms with Crippen LogP contribution in [0.1, 0.15) is 31.2 Å². The van der Waals surface area contributed by atoms with Crippen molar-refractivity contribution in [2.45, 2.75) is 37.2 Å². The van der Waals surface area contributed by atoms with Crippen LogP contribution in [0.5, 0.6) is 5.75 Å². The lowest BCUT2D eigenvalue weighted by atomic mass is 9.96. The van der Waals surface area contributed by atoms with Crippen LogP contribution in [0.25, 0.3) is 0 Å². The van der Waals surface area contributed by atoms with E-state index in [1.165, 1.54) is 18.4 Å². The molecule has 1 saturated heterocycles. The summed E-state index contributed by atoms with van der Waals surface area (Å²) in [5.41, 5.74) is 1.60. The normalized spacial score (nSPS) is 21.5. The van der Waals surface area contributed by atoms with Crippen LogP contribution in [0, 0.1) is 0 Å². The molecule has 1 aliphatic heterocycles. The molecule has 2 fully saturated rings. The number of hydrogen-bond acceptors (Lipinski definition) is 4. The van der Waals surface area contributed by atoms with Crippen molar-refractivity contribution in [3.63, 3.8) is 0 Å². The molecule has 1 aliphatic carbocycles. The number of benzene rings is 1. The van der Waals surface area contributed by atoms with Gasteiger partial charge in [0, 0.05) is 38.8 Å². The third-order valence-corrected chi connectivity index (χ3v) is 5.23. The number of methoxy groups -OCH3 is 1. The molecule has 1 unspecified atom stereocenters. The summed E-state index contributed by atoms with van der Waals surface area (Å²) in [5, 5.41) is 6.85. The fourth-order valence-corrected chi connectivity index (χ4v) is 3.31. The van der Waals surface area contributed by atoms with Crippen LogP contribution in [0.3, 0.4) is 0 Å². The average molecular weight is 361 g/mol. The highest BCUT2D eigenvalue weighted by atomic mass is 16.5. The summed E-state index contributed by atoms with van der Waals surface area (Å²) < 4.78 is 16.3. The van der Waals surface area contributed by atoms with Crippen molar-refractivity contribution in [3.8, 4) is 5.75 Å². The predicted molar refractivity (Wildman–Crippen MR) is 103 cm³/mol. The smallest absolute Gasteiger partial charge is 0.191 e. The minimum absolute atomic E-state index is 0.232. The minimum atomic E-state index is 0.232. The molecule has 0 radical (unpaired) electrons. The Balaban J connectivity index is 1.36. The second-order valence-corrected chi connectivity index (χ2v) is 7.07. The Hall–Kier alpha value is -1.79. The maximum absolute atomic E-state index is 5.78. The first-order chi connectivity index (χ1) is 12.8. The fraction of sp³-hybridized carbons (Fsp3) is 0.650. The quantitative estimate of drug-likeness (QED) is 0.401. The second-order valence-electron chi connectivity index (χ2n) is 7.07. The van der Waals surface area contributed by atoms with Crippen molar-refractivity contribution >= 4 is 5.96 Å². The molecule has 0 spiro atoms. The Bertz CT molecular complexity index is 578. The lowest BCUT2D eigenvalue weighted by molar-refractivity contribution is 0.0420. The number of hydrogen-bond donors (Lipinski definition) is 2. The summed E-state index contributed by atoms with van der Waals surface area (Å²) in [6.45, 7) is 4.07. The van der Waals surface area contributed by atoms with E-state index in [1.807, 2.05) is 19.2 Å². The van der Waals surface area contributed by atoms with E-state index < -0.39 is 0 Å². The molecule has 6 heteroatoms. The first kappa shape index (κ1) is 19.0. The summed E-state index contributed by atoms with van der Waals surface area (Å²) in [5.74, 6) is 1.76. The molecule has 1 aromatic carbocycles. The van der Waals surface area contributed by atoms with Gasteiger partial charge in [-0.1, -0.05) is 12.1 Å². The molecule has 2 aliphatic rings. The third kappa shape index (κ3) is 5.11. The molecule has 1 heterocycles. The largest absolute Gasteiger partial charge is 0.497 e. The van der Waals surface area contributed by atoms with Gasteiger partial charge in [0.05, 0.1) is 19.8 Å². The molecule has 0 aromatic heterocycles. The van der Waals surface area contributed by atoms with Gasteiger partial charge in [-0.2, -0.15) is 0 Å². The SMILES string of the molecule is CN=C(NCCCOC1CCOC1)NCC1(c2ccc(OC)cc2)CC1. The zero-order chi connectivity index (χ0) is 18.2. The lowest BCUT2D eigenvalue weighted by Gasteiger charge is -2.19. The predicted octanol–water partition coefficient (Wildman–Crippen LogP) is 2.09. The molecule has 6 nitrogen and oxygen atoms in total. The van der Waals surface area contributed by atoms with Gasteiger partial charge in [-0.15, -0.1) is 0 Å². The number of aliphatic imine (C=N–C) groups is 1. The van der Waals surface area contributed by atoms with E-state index in [0.717, 1.165) is 57.5 Å². The second kappa shape index (κ2) is 9.24. The maximum atomic E-state index is 5.78. The lowest BCUT2D eigenvalue weighted by Crippen LogP contribution is -2.41. The van der Waals surface area contributed by atoms with Crippen molar-refractivity contribution in [2.75, 3.05) is 47.1 Å². The molecule has 1 atom stereocenters. The number of nitrogens with zero attached hydrogens (tertiary/aromatic N) is 1. The maximum Gasteiger partial charge on any atom is 0.191 e. The summed E-state index contributed by atoms with van der Waals surface area (Å²) in [4.78, 5) is 4.33. The first-order valence-electron chi connectivity index (χ1n) is 9.54. The van der Waals surface area contributed by atoms with Crippen molar-refractivity contribution in [2.24, 2.45) is 4.99 Å². The zero-order valence-corrected chi connectivity index (χ0v) is 15.9. The standard InChI is InChI=1S/C20H31N3O3/c1-21-19(22-11-3-12-26-18-8-13-25-14-18)23-15-20(9-10-20)16-4-6-17(24-2)7-5-16/h4-7,18H,3,8-15H2,1-2H3,(H2,21,22,23). The zero-order valence-electron chi connectivity index (χ0n) is 15.9. The highest BCUT2D eigenvalue weighted by Gasteiger charge is 2.44. The van der Waals surface area contributed by atoms with Crippen molar-refractivity contribution in [3.05, 3.63) is 29.8 Å². The monoisotopic (exact) mass is 361 g/mol. The van der Waals surface area contributed by atoms with Crippen molar-refractivity contribution < 1.29 is 14.2 Å². The Morgan fingerprint density at radius 1 is 1.27 bits per heavy atom. The van der Waals surface area contributed by atoms with E-state index in [0.29, 0.717) is 0 Å². The fourth-order valence-electron chi connectivity index (χ4n) is 3.31. The van der Waals surface area contributed by atoms with Crippen LogP contribution in [-0.2, 0) is 14.9 Å². The van der Waals surface area contributed by atoms with E-state index in [9.17, 15) is 0 Å². The van der Waals surface area contributed by atoms with E-state index in [4.69, 9.17) is 14.2 Å².